The number of para-hydroxylation sites is 1. The van der Waals surface area contributed by atoms with Crippen molar-refractivity contribution in [3.8, 4) is 6.07 Å². The first-order valence-corrected chi connectivity index (χ1v) is 7.30. The van der Waals surface area contributed by atoms with E-state index in [0.29, 0.717) is 12.5 Å². The highest BCUT2D eigenvalue weighted by molar-refractivity contribution is 5.95. The van der Waals surface area contributed by atoms with Crippen LogP contribution in [0.4, 0.5) is 5.69 Å². The molecule has 1 fully saturated rings. The molecule has 21 heavy (non-hydrogen) atoms. The van der Waals surface area contributed by atoms with Gasteiger partial charge in [-0.2, -0.15) is 5.26 Å². The van der Waals surface area contributed by atoms with Gasteiger partial charge in [0.05, 0.1) is 12.6 Å². The number of amides is 1. The highest BCUT2D eigenvalue weighted by atomic mass is 16.2. The highest BCUT2D eigenvalue weighted by Crippen LogP contribution is 2.17. The zero-order valence-electron chi connectivity index (χ0n) is 12.4. The number of carbonyl (C=O) groups excluding carboxylic acids is 1. The minimum Gasteiger partial charge on any atom is -0.327 e. The molecule has 1 heterocycles. The number of hydrogen-bond acceptors (Lipinski definition) is 4. The summed E-state index contributed by atoms with van der Waals surface area (Å²) in [7, 11) is 0. The van der Waals surface area contributed by atoms with Crippen molar-refractivity contribution < 1.29 is 4.79 Å². The summed E-state index contributed by atoms with van der Waals surface area (Å²) in [5, 5.41) is 8.96. The number of piperidine rings is 1. The van der Waals surface area contributed by atoms with Crippen molar-refractivity contribution in [2.45, 2.75) is 19.4 Å². The fourth-order valence-electron chi connectivity index (χ4n) is 2.92. The summed E-state index contributed by atoms with van der Waals surface area (Å²) >= 11 is 0. The lowest BCUT2D eigenvalue weighted by Crippen LogP contribution is -2.50. The first-order chi connectivity index (χ1) is 10.1. The van der Waals surface area contributed by atoms with E-state index in [0.717, 1.165) is 25.2 Å². The fourth-order valence-corrected chi connectivity index (χ4v) is 2.92. The number of anilines is 1. The third-order valence-corrected chi connectivity index (χ3v) is 3.72. The monoisotopic (exact) mass is 286 g/mol. The largest absolute Gasteiger partial charge is 0.327 e. The molecule has 0 aliphatic carbocycles. The van der Waals surface area contributed by atoms with Gasteiger partial charge in [0, 0.05) is 24.8 Å². The Hall–Kier alpha value is -1.90. The van der Waals surface area contributed by atoms with E-state index in [1.54, 1.807) is 0 Å². The molecule has 2 N–H and O–H groups in total. The molecule has 1 aliphatic rings. The van der Waals surface area contributed by atoms with Gasteiger partial charge in [-0.1, -0.05) is 25.1 Å². The Morgan fingerprint density at radius 3 is 2.76 bits per heavy atom. The van der Waals surface area contributed by atoms with Crippen LogP contribution < -0.4 is 10.6 Å². The second kappa shape index (κ2) is 7.21. The quantitative estimate of drug-likeness (QED) is 0.844. The zero-order chi connectivity index (χ0) is 15.2. The number of carbonyl (C=O) groups is 1. The van der Waals surface area contributed by atoms with E-state index in [1.165, 1.54) is 4.90 Å². The third-order valence-electron chi connectivity index (χ3n) is 3.72. The first-order valence-electron chi connectivity index (χ1n) is 7.30. The van der Waals surface area contributed by atoms with Gasteiger partial charge < -0.3 is 5.73 Å². The maximum Gasteiger partial charge on any atom is 0.242 e. The maximum atomic E-state index is 12.5. The Morgan fingerprint density at radius 2 is 2.14 bits per heavy atom. The van der Waals surface area contributed by atoms with Gasteiger partial charge in [0.1, 0.15) is 6.54 Å². The number of benzene rings is 1. The molecule has 1 saturated heterocycles. The van der Waals surface area contributed by atoms with Crippen LogP contribution in [-0.2, 0) is 4.79 Å². The zero-order valence-corrected chi connectivity index (χ0v) is 12.4. The molecule has 112 valence electrons. The van der Waals surface area contributed by atoms with E-state index in [4.69, 9.17) is 11.0 Å². The molecule has 5 nitrogen and oxygen atoms in total. The molecule has 0 spiro atoms. The lowest BCUT2D eigenvalue weighted by atomic mass is 9.96. The van der Waals surface area contributed by atoms with Gasteiger partial charge in [0.15, 0.2) is 0 Å². The van der Waals surface area contributed by atoms with E-state index >= 15 is 0 Å². The van der Waals surface area contributed by atoms with Crippen LogP contribution in [0.5, 0.6) is 0 Å². The van der Waals surface area contributed by atoms with Crippen molar-refractivity contribution in [3.63, 3.8) is 0 Å². The molecule has 0 aromatic heterocycles. The molecule has 1 aromatic rings. The minimum atomic E-state index is -0.0518. The molecule has 1 amide bonds. The summed E-state index contributed by atoms with van der Waals surface area (Å²) in [5.41, 5.74) is 6.78. The average Bonchev–Trinajstić information content (AvgIpc) is 2.44. The number of nitriles is 1. The minimum absolute atomic E-state index is 0.0518. The van der Waals surface area contributed by atoms with Gasteiger partial charge in [-0.3, -0.25) is 14.6 Å². The van der Waals surface area contributed by atoms with Crippen LogP contribution in [0.25, 0.3) is 0 Å². The second-order valence-electron chi connectivity index (χ2n) is 5.77. The average molecular weight is 286 g/mol. The van der Waals surface area contributed by atoms with E-state index in [1.807, 2.05) is 30.3 Å². The first kappa shape index (κ1) is 15.5. The van der Waals surface area contributed by atoms with Crippen LogP contribution in [0.3, 0.4) is 0 Å². The molecular weight excluding hydrogens is 264 g/mol. The number of rotatable bonds is 4. The van der Waals surface area contributed by atoms with Crippen molar-refractivity contribution >= 4 is 11.6 Å². The Balaban J connectivity index is 2.04. The van der Waals surface area contributed by atoms with Crippen LogP contribution in [0.2, 0.25) is 0 Å². The standard InChI is InChI=1S/C16H22N4O/c1-13-9-14(18)11-19(10-13)12-16(21)20(8-7-17)15-5-3-2-4-6-15/h2-6,13-14H,8-12,18H2,1H3. The van der Waals surface area contributed by atoms with Crippen LogP contribution in [0.15, 0.2) is 30.3 Å². The van der Waals surface area contributed by atoms with Crippen molar-refractivity contribution in [3.05, 3.63) is 30.3 Å². The van der Waals surface area contributed by atoms with Crippen molar-refractivity contribution in [2.75, 3.05) is 31.1 Å². The normalized spacial score (nSPS) is 22.5. The summed E-state index contributed by atoms with van der Waals surface area (Å²) in [6.45, 7) is 4.16. The predicted octanol–water partition coefficient (Wildman–Crippen LogP) is 1.21. The number of hydrogen-bond donors (Lipinski definition) is 1. The predicted molar refractivity (Wildman–Crippen MR) is 82.6 cm³/mol. The number of nitrogens with two attached hydrogens (primary N) is 1. The summed E-state index contributed by atoms with van der Waals surface area (Å²) in [5.74, 6) is 0.451. The second-order valence-corrected chi connectivity index (χ2v) is 5.77. The van der Waals surface area contributed by atoms with Gasteiger partial charge in [-0.15, -0.1) is 0 Å². The molecule has 1 aromatic carbocycles. The smallest absolute Gasteiger partial charge is 0.242 e. The number of nitrogens with zero attached hydrogens (tertiary/aromatic N) is 3. The topological polar surface area (TPSA) is 73.4 Å². The summed E-state index contributed by atoms with van der Waals surface area (Å²) < 4.78 is 0. The lowest BCUT2D eigenvalue weighted by molar-refractivity contribution is -0.120. The van der Waals surface area contributed by atoms with E-state index < -0.39 is 0 Å². The van der Waals surface area contributed by atoms with Crippen LogP contribution in [0.1, 0.15) is 13.3 Å². The molecule has 0 radical (unpaired) electrons. The van der Waals surface area contributed by atoms with Crippen LogP contribution >= 0.6 is 0 Å². The van der Waals surface area contributed by atoms with Gasteiger partial charge >= 0.3 is 0 Å². The van der Waals surface area contributed by atoms with E-state index in [2.05, 4.69) is 17.9 Å². The molecule has 2 rings (SSSR count). The Morgan fingerprint density at radius 1 is 1.43 bits per heavy atom. The highest BCUT2D eigenvalue weighted by Gasteiger charge is 2.25. The van der Waals surface area contributed by atoms with Crippen molar-refractivity contribution in [1.82, 2.24) is 4.90 Å². The SMILES string of the molecule is CC1CC(N)CN(CC(=O)N(CC#N)c2ccccc2)C1. The van der Waals surface area contributed by atoms with Crippen LogP contribution in [-0.4, -0.2) is 43.0 Å². The van der Waals surface area contributed by atoms with E-state index in [9.17, 15) is 4.79 Å². The van der Waals surface area contributed by atoms with Gasteiger partial charge in [0.25, 0.3) is 0 Å². The molecule has 1 aliphatic heterocycles. The Labute approximate surface area is 125 Å². The van der Waals surface area contributed by atoms with Crippen molar-refractivity contribution in [1.29, 1.82) is 5.26 Å². The van der Waals surface area contributed by atoms with E-state index in [-0.39, 0.29) is 18.5 Å². The maximum absolute atomic E-state index is 12.5. The van der Waals surface area contributed by atoms with Gasteiger partial charge in [-0.05, 0) is 24.5 Å². The summed E-state index contributed by atoms with van der Waals surface area (Å²) in [4.78, 5) is 16.1. The molecule has 2 atom stereocenters. The Kier molecular flexibility index (Phi) is 5.32. The molecule has 5 heteroatoms. The lowest BCUT2D eigenvalue weighted by Gasteiger charge is -2.35. The van der Waals surface area contributed by atoms with Gasteiger partial charge in [-0.25, -0.2) is 0 Å². The third kappa shape index (κ3) is 4.28. The molecular formula is C16H22N4O. The fraction of sp³-hybridized carbons (Fsp3) is 0.500. The van der Waals surface area contributed by atoms with Crippen molar-refractivity contribution in [2.24, 2.45) is 11.7 Å². The summed E-state index contributed by atoms with van der Waals surface area (Å²) in [6, 6.07) is 11.5. The summed E-state index contributed by atoms with van der Waals surface area (Å²) in [6.07, 6.45) is 1.01. The van der Waals surface area contributed by atoms with Gasteiger partial charge in [0.2, 0.25) is 5.91 Å². The Bertz CT molecular complexity index is 501. The van der Waals surface area contributed by atoms with Crippen LogP contribution in [0, 0.1) is 17.2 Å². The number of likely N-dealkylation sites (tertiary alicyclic amines) is 1. The molecule has 2 unspecified atom stereocenters. The molecule has 0 bridgehead atoms. The molecule has 0 saturated carbocycles.